The Bertz CT molecular complexity index is 2280. The van der Waals surface area contributed by atoms with Crippen molar-refractivity contribution in [3.63, 3.8) is 0 Å². The molecule has 1 saturated heterocycles. The number of hydrogen-bond donors (Lipinski definition) is 1. The van der Waals surface area contributed by atoms with Gasteiger partial charge in [-0.05, 0) is 92.8 Å². The molecule has 5 atom stereocenters. The van der Waals surface area contributed by atoms with E-state index in [9.17, 15) is 18.5 Å². The molecule has 64 heavy (non-hydrogen) atoms. The van der Waals surface area contributed by atoms with Crippen LogP contribution in [0.1, 0.15) is 77.8 Å². The molecule has 0 spiro atoms. The summed E-state index contributed by atoms with van der Waals surface area (Å²) in [5.74, 6) is 1.20. The molecule has 15 nitrogen and oxygen atoms in total. The van der Waals surface area contributed by atoms with Crippen LogP contribution in [0.3, 0.4) is 0 Å². The van der Waals surface area contributed by atoms with Gasteiger partial charge in [-0.3, -0.25) is 9.29 Å². The third kappa shape index (κ3) is 12.0. The van der Waals surface area contributed by atoms with Crippen molar-refractivity contribution in [3.8, 4) is 17.6 Å². The number of anilines is 1. The second-order valence-corrected chi connectivity index (χ2v) is 25.6. The van der Waals surface area contributed by atoms with Gasteiger partial charge < -0.3 is 32.4 Å². The molecule has 1 N–H and O–H groups in total. The van der Waals surface area contributed by atoms with Gasteiger partial charge in [-0.15, -0.1) is 0 Å². The van der Waals surface area contributed by atoms with E-state index < -0.39 is 62.7 Å². The number of nitrogens with one attached hydrogen (secondary N) is 1. The van der Waals surface area contributed by atoms with Gasteiger partial charge in [-0.2, -0.15) is 10.2 Å². The number of rotatable bonds is 21. The van der Waals surface area contributed by atoms with E-state index in [0.717, 1.165) is 22.9 Å². The summed E-state index contributed by atoms with van der Waals surface area (Å²) in [5.41, 5.74) is 0.417. The molecule has 18 heteroatoms. The third-order valence-electron chi connectivity index (χ3n) is 11.4. The number of nitrogens with zero attached hydrogens (tertiary/aromatic N) is 4. The molecule has 0 bridgehead atoms. The summed E-state index contributed by atoms with van der Waals surface area (Å²) in [6.07, 6.45) is -1.31. The molecule has 3 aromatic carbocycles. The Morgan fingerprint density at radius 1 is 0.891 bits per heavy atom. The summed E-state index contributed by atoms with van der Waals surface area (Å²) in [6, 6.07) is 28.8. The number of hydrogen-bond acceptors (Lipinski definition) is 13. The summed E-state index contributed by atoms with van der Waals surface area (Å²) >= 11 is 0. The highest BCUT2D eigenvalue weighted by Crippen LogP contribution is 2.52. The molecule has 4 aromatic rings. The molecular formula is C46H64N5O10PSSi. The van der Waals surface area contributed by atoms with Gasteiger partial charge in [-0.1, -0.05) is 75.4 Å². The minimum Gasteiger partial charge on any atom is -0.497 e. The van der Waals surface area contributed by atoms with E-state index >= 15 is 0 Å². The van der Waals surface area contributed by atoms with E-state index in [1.165, 1.54) is 16.8 Å². The number of sulfonamides is 1. The van der Waals surface area contributed by atoms with E-state index in [2.05, 4.69) is 82.0 Å². The lowest BCUT2D eigenvalue weighted by molar-refractivity contribution is -0.0943. The maximum atomic E-state index is 14.0. The topological polar surface area (TPSA) is 173 Å². The Labute approximate surface area is 381 Å². The minimum absolute atomic E-state index is 0.0293. The molecule has 0 aliphatic carbocycles. The molecule has 1 aliphatic rings. The number of methoxy groups -OCH3 is 2. The molecule has 1 aliphatic heterocycles. The monoisotopic (exact) mass is 937 g/mol. The first-order valence-corrected chi connectivity index (χ1v) is 27.2. The van der Waals surface area contributed by atoms with Crippen LogP contribution in [0.2, 0.25) is 18.1 Å². The van der Waals surface area contributed by atoms with Crippen molar-refractivity contribution in [1.29, 1.82) is 5.26 Å². The Morgan fingerprint density at radius 2 is 1.44 bits per heavy atom. The number of ether oxygens (including phenoxy) is 4. The summed E-state index contributed by atoms with van der Waals surface area (Å²) in [5, 5.41) is 9.26. The quantitative estimate of drug-likeness (QED) is 0.0365. The lowest BCUT2D eigenvalue weighted by atomic mass is 9.80. The lowest BCUT2D eigenvalue weighted by Gasteiger charge is -2.42. The highest BCUT2D eigenvalue weighted by Gasteiger charge is 2.54. The van der Waals surface area contributed by atoms with Crippen LogP contribution in [0.15, 0.2) is 95.9 Å². The summed E-state index contributed by atoms with van der Waals surface area (Å²) in [6.45, 7) is 18.8. The van der Waals surface area contributed by atoms with Crippen LogP contribution in [0.25, 0.3) is 0 Å². The van der Waals surface area contributed by atoms with Gasteiger partial charge in [0.1, 0.15) is 41.2 Å². The zero-order chi connectivity index (χ0) is 47.0. The predicted octanol–water partition coefficient (Wildman–Crippen LogP) is 8.59. The fourth-order valence-electron chi connectivity index (χ4n) is 7.37. The Kier molecular flexibility index (Phi) is 17.0. The van der Waals surface area contributed by atoms with Crippen LogP contribution in [0, 0.1) is 11.3 Å². The zero-order valence-electron chi connectivity index (χ0n) is 39.0. The highest BCUT2D eigenvalue weighted by molar-refractivity contribution is 7.92. The molecule has 0 amide bonds. The molecule has 0 radical (unpaired) electrons. The van der Waals surface area contributed by atoms with Gasteiger partial charge in [0.25, 0.3) is 8.53 Å². The van der Waals surface area contributed by atoms with Crippen LogP contribution in [0.4, 0.5) is 5.82 Å². The van der Waals surface area contributed by atoms with E-state index in [4.69, 9.17) is 32.4 Å². The van der Waals surface area contributed by atoms with Gasteiger partial charge in [0.2, 0.25) is 10.0 Å². The predicted molar refractivity (Wildman–Crippen MR) is 251 cm³/mol. The largest absolute Gasteiger partial charge is 0.497 e. The van der Waals surface area contributed by atoms with Gasteiger partial charge in [0, 0.05) is 18.3 Å². The second-order valence-electron chi connectivity index (χ2n) is 17.7. The van der Waals surface area contributed by atoms with E-state index in [-0.39, 0.29) is 42.6 Å². The van der Waals surface area contributed by atoms with Gasteiger partial charge >= 0.3 is 5.69 Å². The van der Waals surface area contributed by atoms with Crippen LogP contribution >= 0.6 is 8.53 Å². The van der Waals surface area contributed by atoms with E-state index in [1.807, 2.05) is 78.9 Å². The maximum absolute atomic E-state index is 14.0. The summed E-state index contributed by atoms with van der Waals surface area (Å²) in [4.78, 5) is 18.1. The molecule has 348 valence electrons. The van der Waals surface area contributed by atoms with Crippen molar-refractivity contribution in [1.82, 2.24) is 14.2 Å². The molecule has 2 unspecified atom stereocenters. The van der Waals surface area contributed by atoms with Crippen molar-refractivity contribution >= 4 is 32.7 Å². The molecule has 0 saturated carbocycles. The SMILES string of the molecule is COc1ccc(C(OC[C@H]2O[C@@H](n3ccc(NS(C)(=O)=O)nc3=O)[C@@H](O[Si](C)(C)C(C)(C)C)C2OP(OCCC#N)N(C(C)C)C(C)C)(c2ccccc2)c2ccc(OC)cc2)cc1. The van der Waals surface area contributed by atoms with Crippen LogP contribution < -0.4 is 19.9 Å². The molecule has 1 fully saturated rings. The Balaban J connectivity index is 1.75. The van der Waals surface area contributed by atoms with Gasteiger partial charge in [0.05, 0.1) is 46.2 Å². The minimum atomic E-state index is -3.74. The number of nitriles is 1. The zero-order valence-corrected chi connectivity index (χ0v) is 41.7. The molecule has 5 rings (SSSR count). The second kappa shape index (κ2) is 21.4. The van der Waals surface area contributed by atoms with Crippen LogP contribution in [-0.2, 0) is 38.6 Å². The highest BCUT2D eigenvalue weighted by atomic mass is 32.2. The lowest BCUT2D eigenvalue weighted by Crippen LogP contribution is -2.50. The average Bonchev–Trinajstić information content (AvgIpc) is 3.55. The van der Waals surface area contributed by atoms with Crippen molar-refractivity contribution in [3.05, 3.63) is 118 Å². The van der Waals surface area contributed by atoms with Crippen molar-refractivity contribution in [2.45, 2.75) is 115 Å². The van der Waals surface area contributed by atoms with Crippen molar-refractivity contribution < 1.29 is 40.8 Å². The smallest absolute Gasteiger partial charge is 0.351 e. The fourth-order valence-corrected chi connectivity index (χ4v) is 10.9. The number of aromatic nitrogens is 2. The van der Waals surface area contributed by atoms with E-state index in [1.54, 1.807) is 14.2 Å². The normalized spacial score (nSPS) is 18.9. The fraction of sp³-hybridized carbons (Fsp3) is 0.500. The molecule has 1 aromatic heterocycles. The summed E-state index contributed by atoms with van der Waals surface area (Å²) < 4.78 is 76.6. The molecule has 2 heterocycles. The third-order valence-corrected chi connectivity index (χ3v) is 18.6. The standard InChI is InChI=1S/C46H64N5O10PSSi/c1-32(2)51(33(3)4)62(58-30-16-28-47)60-41-39(59-43(42(41)61-64(11,12)45(5,6)7)50-29-27-40(48-44(50)52)49-63(10,53)54)31-57-46(34-17-14-13-15-18-34,35-19-23-37(55-8)24-20-35)36-21-25-38(56-9)26-22-36/h13-15,17-27,29,32-33,39,41-43H,16,30-31H2,1-12H3,(H,48,49,52)/t39-,41?,42+,43-,62?/m1/s1. The first-order chi connectivity index (χ1) is 30.1. The first-order valence-electron chi connectivity index (χ1n) is 21.3. The van der Waals surface area contributed by atoms with Gasteiger partial charge in [0.15, 0.2) is 14.5 Å². The van der Waals surface area contributed by atoms with Crippen LogP contribution in [-0.4, -0.2) is 95.0 Å². The van der Waals surface area contributed by atoms with Gasteiger partial charge in [-0.25, -0.2) is 17.9 Å². The Morgan fingerprint density at radius 3 is 1.91 bits per heavy atom. The van der Waals surface area contributed by atoms with Crippen molar-refractivity contribution in [2.24, 2.45) is 0 Å². The average molecular weight is 938 g/mol. The van der Waals surface area contributed by atoms with E-state index in [0.29, 0.717) is 11.5 Å². The van der Waals surface area contributed by atoms with Crippen molar-refractivity contribution in [2.75, 3.05) is 38.4 Å². The summed E-state index contributed by atoms with van der Waals surface area (Å²) in [7, 11) is -5.08. The molecular weight excluding hydrogens is 874 g/mol. The Hall–Kier alpha value is -4.21. The maximum Gasteiger partial charge on any atom is 0.351 e. The first kappa shape index (κ1) is 50.8. The van der Waals surface area contributed by atoms with Crippen LogP contribution in [0.5, 0.6) is 11.5 Å². The number of benzene rings is 3.